The van der Waals surface area contributed by atoms with Crippen LogP contribution < -0.4 is 0 Å². The van der Waals surface area contributed by atoms with Crippen molar-refractivity contribution in [2.45, 2.75) is 26.2 Å². The van der Waals surface area contributed by atoms with Crippen LogP contribution in [0.1, 0.15) is 31.7 Å². The predicted molar refractivity (Wildman–Crippen MR) is 63.8 cm³/mol. The van der Waals surface area contributed by atoms with Crippen LogP contribution in [-0.2, 0) is 9.53 Å². The molecule has 1 aromatic rings. The Balaban J connectivity index is 2.72. The third-order valence-corrected chi connectivity index (χ3v) is 2.76. The Hall–Kier alpha value is -0.900. The molecule has 0 aromatic heterocycles. The van der Waals surface area contributed by atoms with Crippen molar-refractivity contribution in [3.63, 3.8) is 0 Å². The first-order valence-electron chi connectivity index (χ1n) is 5.15. The van der Waals surface area contributed by atoms with Crippen LogP contribution in [0.25, 0.3) is 0 Å². The van der Waals surface area contributed by atoms with Crippen molar-refractivity contribution >= 4 is 21.9 Å². The molecule has 1 atom stereocenters. The maximum Gasteiger partial charge on any atom is 0.306 e. The van der Waals surface area contributed by atoms with Gasteiger partial charge in [0.25, 0.3) is 0 Å². The van der Waals surface area contributed by atoms with Gasteiger partial charge in [-0.05, 0) is 30.5 Å². The molecule has 0 fully saturated rings. The molecule has 0 spiro atoms. The second-order valence-electron chi connectivity index (χ2n) is 3.58. The van der Waals surface area contributed by atoms with Crippen LogP contribution in [0.2, 0.25) is 0 Å². The van der Waals surface area contributed by atoms with Crippen LogP contribution in [0.4, 0.5) is 4.39 Å². The highest BCUT2D eigenvalue weighted by Gasteiger charge is 2.15. The van der Waals surface area contributed by atoms with Gasteiger partial charge in [-0.3, -0.25) is 4.79 Å². The standard InChI is InChI=1S/C12H14BrFO2/c1-3-16-12(15)6-8(2)10-5-4-9(13)7-11(10)14/h4-5,7-8H,3,6H2,1-2H3/t8-/m1/s1. The number of rotatable bonds is 4. The molecule has 0 radical (unpaired) electrons. The lowest BCUT2D eigenvalue weighted by Gasteiger charge is -2.12. The van der Waals surface area contributed by atoms with E-state index in [1.54, 1.807) is 19.1 Å². The van der Waals surface area contributed by atoms with Crippen molar-refractivity contribution in [1.29, 1.82) is 0 Å². The van der Waals surface area contributed by atoms with Gasteiger partial charge in [-0.1, -0.05) is 28.9 Å². The highest BCUT2D eigenvalue weighted by molar-refractivity contribution is 9.10. The second-order valence-corrected chi connectivity index (χ2v) is 4.49. The van der Waals surface area contributed by atoms with E-state index in [0.29, 0.717) is 16.6 Å². The molecule has 0 saturated heterocycles. The highest BCUT2D eigenvalue weighted by Crippen LogP contribution is 2.25. The Kier molecular flexibility index (Phi) is 4.93. The van der Waals surface area contributed by atoms with Crippen LogP contribution in [0.5, 0.6) is 0 Å². The summed E-state index contributed by atoms with van der Waals surface area (Å²) in [6, 6.07) is 4.85. The van der Waals surface area contributed by atoms with E-state index < -0.39 is 0 Å². The molecular formula is C12H14BrFO2. The Labute approximate surface area is 103 Å². The fourth-order valence-corrected chi connectivity index (χ4v) is 1.81. The molecule has 0 amide bonds. The first kappa shape index (κ1) is 13.2. The second kappa shape index (κ2) is 5.99. The van der Waals surface area contributed by atoms with Gasteiger partial charge in [0, 0.05) is 4.47 Å². The van der Waals surface area contributed by atoms with Gasteiger partial charge >= 0.3 is 5.97 Å². The number of benzene rings is 1. The number of hydrogen-bond donors (Lipinski definition) is 0. The van der Waals surface area contributed by atoms with E-state index in [1.807, 2.05) is 6.92 Å². The van der Waals surface area contributed by atoms with Crippen molar-refractivity contribution in [2.24, 2.45) is 0 Å². The van der Waals surface area contributed by atoms with Crippen LogP contribution in [0.3, 0.4) is 0 Å². The van der Waals surface area contributed by atoms with Gasteiger partial charge in [0.15, 0.2) is 0 Å². The van der Waals surface area contributed by atoms with E-state index >= 15 is 0 Å². The first-order chi connectivity index (χ1) is 7.54. The lowest BCUT2D eigenvalue weighted by atomic mass is 9.97. The van der Waals surface area contributed by atoms with Gasteiger partial charge < -0.3 is 4.74 Å². The number of carbonyl (C=O) groups is 1. The summed E-state index contributed by atoms with van der Waals surface area (Å²) in [5.74, 6) is -0.768. The molecule has 0 aliphatic carbocycles. The van der Waals surface area contributed by atoms with Crippen molar-refractivity contribution in [3.05, 3.63) is 34.1 Å². The molecule has 0 N–H and O–H groups in total. The summed E-state index contributed by atoms with van der Waals surface area (Å²) < 4.78 is 19.1. The maximum absolute atomic E-state index is 13.6. The van der Waals surface area contributed by atoms with Crippen LogP contribution >= 0.6 is 15.9 Å². The largest absolute Gasteiger partial charge is 0.466 e. The van der Waals surface area contributed by atoms with Crippen molar-refractivity contribution in [3.8, 4) is 0 Å². The number of ether oxygens (including phenoxy) is 1. The minimum Gasteiger partial charge on any atom is -0.466 e. The molecule has 0 saturated carbocycles. The molecule has 0 heterocycles. The highest BCUT2D eigenvalue weighted by atomic mass is 79.9. The topological polar surface area (TPSA) is 26.3 Å². The summed E-state index contributed by atoms with van der Waals surface area (Å²) in [5, 5.41) is 0. The lowest BCUT2D eigenvalue weighted by Crippen LogP contribution is -2.09. The summed E-state index contributed by atoms with van der Waals surface area (Å²) >= 11 is 3.19. The third-order valence-electron chi connectivity index (χ3n) is 2.27. The molecule has 4 heteroatoms. The molecule has 0 aliphatic rings. The molecular weight excluding hydrogens is 275 g/mol. The Morgan fingerprint density at radius 1 is 1.56 bits per heavy atom. The minimum atomic E-state index is -0.300. The third kappa shape index (κ3) is 3.59. The van der Waals surface area contributed by atoms with E-state index in [-0.39, 0.29) is 24.1 Å². The number of carbonyl (C=O) groups excluding carboxylic acids is 1. The number of halogens is 2. The van der Waals surface area contributed by atoms with Gasteiger partial charge in [-0.15, -0.1) is 0 Å². The van der Waals surface area contributed by atoms with E-state index in [9.17, 15) is 9.18 Å². The molecule has 0 unspecified atom stereocenters. The average Bonchev–Trinajstić information content (AvgIpc) is 2.17. The fourth-order valence-electron chi connectivity index (χ4n) is 1.48. The quantitative estimate of drug-likeness (QED) is 0.791. The van der Waals surface area contributed by atoms with Gasteiger partial charge in [-0.2, -0.15) is 0 Å². The van der Waals surface area contributed by atoms with Crippen LogP contribution in [0.15, 0.2) is 22.7 Å². The first-order valence-corrected chi connectivity index (χ1v) is 5.94. The minimum absolute atomic E-state index is 0.174. The van der Waals surface area contributed by atoms with E-state index in [4.69, 9.17) is 4.74 Å². The molecule has 1 rings (SSSR count). The summed E-state index contributed by atoms with van der Waals surface area (Å²) in [5.41, 5.74) is 0.538. The van der Waals surface area contributed by atoms with Crippen molar-refractivity contribution < 1.29 is 13.9 Å². The average molecular weight is 289 g/mol. The lowest BCUT2D eigenvalue weighted by molar-refractivity contribution is -0.143. The Bertz CT molecular complexity index is 379. The van der Waals surface area contributed by atoms with Crippen molar-refractivity contribution in [1.82, 2.24) is 0 Å². The number of esters is 1. The zero-order chi connectivity index (χ0) is 12.1. The normalized spacial score (nSPS) is 12.2. The summed E-state index contributed by atoms with van der Waals surface area (Å²) in [6.07, 6.45) is 0.201. The summed E-state index contributed by atoms with van der Waals surface area (Å²) in [6.45, 7) is 3.92. The zero-order valence-corrected chi connectivity index (χ0v) is 10.9. The summed E-state index contributed by atoms with van der Waals surface area (Å²) in [4.78, 5) is 11.3. The molecule has 16 heavy (non-hydrogen) atoms. The van der Waals surface area contributed by atoms with Crippen LogP contribution in [-0.4, -0.2) is 12.6 Å². The molecule has 88 valence electrons. The van der Waals surface area contributed by atoms with E-state index in [2.05, 4.69) is 15.9 Å². The van der Waals surface area contributed by atoms with Gasteiger partial charge in [0.2, 0.25) is 0 Å². The smallest absolute Gasteiger partial charge is 0.306 e. The van der Waals surface area contributed by atoms with Gasteiger partial charge in [-0.25, -0.2) is 4.39 Å². The zero-order valence-electron chi connectivity index (χ0n) is 9.30. The SMILES string of the molecule is CCOC(=O)C[C@@H](C)c1ccc(Br)cc1F. The maximum atomic E-state index is 13.6. The Morgan fingerprint density at radius 2 is 2.25 bits per heavy atom. The van der Waals surface area contributed by atoms with E-state index in [0.717, 1.165) is 0 Å². The molecule has 0 bridgehead atoms. The monoisotopic (exact) mass is 288 g/mol. The van der Waals surface area contributed by atoms with Crippen molar-refractivity contribution in [2.75, 3.05) is 6.61 Å². The van der Waals surface area contributed by atoms with Crippen LogP contribution in [0, 0.1) is 5.82 Å². The fraction of sp³-hybridized carbons (Fsp3) is 0.417. The predicted octanol–water partition coefficient (Wildman–Crippen LogP) is 3.64. The molecule has 1 aromatic carbocycles. The van der Waals surface area contributed by atoms with E-state index in [1.165, 1.54) is 6.07 Å². The molecule has 0 aliphatic heterocycles. The Morgan fingerprint density at radius 3 is 2.81 bits per heavy atom. The number of hydrogen-bond acceptors (Lipinski definition) is 2. The molecule has 2 nitrogen and oxygen atoms in total. The van der Waals surface area contributed by atoms with Gasteiger partial charge in [0.1, 0.15) is 5.82 Å². The summed E-state index contributed by atoms with van der Waals surface area (Å²) in [7, 11) is 0. The van der Waals surface area contributed by atoms with Gasteiger partial charge in [0.05, 0.1) is 13.0 Å².